The molecule has 7 nitrogen and oxygen atoms in total. The lowest BCUT2D eigenvalue weighted by molar-refractivity contribution is -0.138. The summed E-state index contributed by atoms with van der Waals surface area (Å²) in [5.74, 6) is -0.0720. The van der Waals surface area contributed by atoms with Crippen LogP contribution >= 0.6 is 0 Å². The summed E-state index contributed by atoms with van der Waals surface area (Å²) in [6.45, 7) is 2.11. The molecule has 0 fully saturated rings. The number of carbonyl (C=O) groups excluding carboxylic acids is 1. The van der Waals surface area contributed by atoms with E-state index in [1.165, 1.54) is 7.11 Å². The number of aryl methyl sites for hydroxylation is 1. The lowest BCUT2D eigenvalue weighted by Crippen LogP contribution is -2.27. The van der Waals surface area contributed by atoms with E-state index in [0.29, 0.717) is 5.65 Å². The standard InChI is InChI=1S/C11H15N5O2/c1-7-4-9-13-11(12)14-16(9)5-8(7)15(2)6-10(17)18-3/h4-5H,6H2,1-3H3,(H2,12,14). The second kappa shape index (κ2) is 4.52. The highest BCUT2D eigenvalue weighted by atomic mass is 16.5. The Morgan fingerprint density at radius 2 is 2.33 bits per heavy atom. The Hall–Kier alpha value is -2.31. The first kappa shape index (κ1) is 12.2. The Morgan fingerprint density at radius 1 is 1.61 bits per heavy atom. The molecule has 0 saturated carbocycles. The van der Waals surface area contributed by atoms with Crippen LogP contribution in [0.5, 0.6) is 0 Å². The molecule has 0 bridgehead atoms. The average molecular weight is 249 g/mol. The highest BCUT2D eigenvalue weighted by Crippen LogP contribution is 2.20. The monoisotopic (exact) mass is 249 g/mol. The molecule has 0 atom stereocenters. The fourth-order valence-corrected chi connectivity index (χ4v) is 1.77. The highest BCUT2D eigenvalue weighted by molar-refractivity contribution is 5.76. The topological polar surface area (TPSA) is 85.8 Å². The smallest absolute Gasteiger partial charge is 0.325 e. The van der Waals surface area contributed by atoms with Crippen molar-refractivity contribution in [1.29, 1.82) is 0 Å². The van der Waals surface area contributed by atoms with Gasteiger partial charge in [-0.05, 0) is 18.6 Å². The zero-order valence-electron chi connectivity index (χ0n) is 10.5. The van der Waals surface area contributed by atoms with Crippen molar-refractivity contribution in [1.82, 2.24) is 14.6 Å². The molecule has 18 heavy (non-hydrogen) atoms. The number of methoxy groups -OCH3 is 1. The van der Waals surface area contributed by atoms with Crippen molar-refractivity contribution in [3.63, 3.8) is 0 Å². The Morgan fingerprint density at radius 3 is 3.00 bits per heavy atom. The summed E-state index contributed by atoms with van der Waals surface area (Å²) in [5.41, 5.74) is 8.08. The molecular formula is C11H15N5O2. The number of nitrogens with two attached hydrogens (primary N) is 1. The maximum Gasteiger partial charge on any atom is 0.325 e. The molecule has 96 valence electrons. The van der Waals surface area contributed by atoms with Gasteiger partial charge in [0.25, 0.3) is 0 Å². The maximum atomic E-state index is 11.3. The van der Waals surface area contributed by atoms with E-state index in [1.54, 1.807) is 15.6 Å². The number of hydrogen-bond donors (Lipinski definition) is 1. The van der Waals surface area contributed by atoms with Crippen molar-refractivity contribution in [2.75, 3.05) is 31.3 Å². The van der Waals surface area contributed by atoms with Crippen molar-refractivity contribution < 1.29 is 9.53 Å². The molecule has 2 N–H and O–H groups in total. The summed E-state index contributed by atoms with van der Waals surface area (Å²) in [4.78, 5) is 17.1. The number of carbonyl (C=O) groups is 1. The van der Waals surface area contributed by atoms with Crippen molar-refractivity contribution in [2.45, 2.75) is 6.92 Å². The van der Waals surface area contributed by atoms with E-state index in [1.807, 2.05) is 20.0 Å². The second-order valence-electron chi connectivity index (χ2n) is 4.05. The van der Waals surface area contributed by atoms with Crippen LogP contribution in [0.2, 0.25) is 0 Å². The minimum atomic E-state index is -0.296. The molecule has 0 unspecified atom stereocenters. The minimum Gasteiger partial charge on any atom is -0.468 e. The van der Waals surface area contributed by atoms with Crippen LogP contribution in [0.3, 0.4) is 0 Å². The summed E-state index contributed by atoms with van der Waals surface area (Å²) in [6, 6.07) is 1.87. The third-order valence-corrected chi connectivity index (χ3v) is 2.67. The lowest BCUT2D eigenvalue weighted by Gasteiger charge is -2.19. The summed E-state index contributed by atoms with van der Waals surface area (Å²) in [7, 11) is 3.18. The SMILES string of the molecule is COC(=O)CN(C)c1cn2nc(N)nc2cc1C. The summed E-state index contributed by atoms with van der Waals surface area (Å²) < 4.78 is 6.23. The van der Waals surface area contributed by atoms with Crippen LogP contribution in [0.4, 0.5) is 11.6 Å². The Labute approximate surface area is 104 Å². The molecular weight excluding hydrogens is 234 g/mol. The van der Waals surface area contributed by atoms with Gasteiger partial charge in [-0.1, -0.05) is 0 Å². The Balaban J connectivity index is 2.37. The summed E-state index contributed by atoms with van der Waals surface area (Å²) in [6.07, 6.45) is 1.79. The number of ether oxygens (including phenoxy) is 1. The third kappa shape index (κ3) is 2.20. The van der Waals surface area contributed by atoms with E-state index >= 15 is 0 Å². The number of nitrogen functional groups attached to an aromatic ring is 1. The number of aromatic nitrogens is 3. The summed E-state index contributed by atoms with van der Waals surface area (Å²) in [5, 5.41) is 4.04. The number of rotatable bonds is 3. The maximum absolute atomic E-state index is 11.3. The quantitative estimate of drug-likeness (QED) is 0.784. The van der Waals surface area contributed by atoms with Gasteiger partial charge in [-0.2, -0.15) is 4.98 Å². The van der Waals surface area contributed by atoms with Crippen LogP contribution in [0.1, 0.15) is 5.56 Å². The van der Waals surface area contributed by atoms with Crippen molar-refractivity contribution in [3.8, 4) is 0 Å². The molecule has 0 aliphatic heterocycles. The van der Waals surface area contributed by atoms with Crippen LogP contribution < -0.4 is 10.6 Å². The molecule has 2 aromatic rings. The van der Waals surface area contributed by atoms with Gasteiger partial charge in [0, 0.05) is 7.05 Å². The van der Waals surface area contributed by atoms with Gasteiger partial charge in [0.15, 0.2) is 5.65 Å². The molecule has 0 radical (unpaired) electrons. The van der Waals surface area contributed by atoms with Crippen LogP contribution in [-0.2, 0) is 9.53 Å². The molecule has 0 spiro atoms. The van der Waals surface area contributed by atoms with Gasteiger partial charge < -0.3 is 15.4 Å². The zero-order valence-corrected chi connectivity index (χ0v) is 10.5. The highest BCUT2D eigenvalue weighted by Gasteiger charge is 2.12. The average Bonchev–Trinajstić information content (AvgIpc) is 2.66. The first-order valence-electron chi connectivity index (χ1n) is 5.41. The van der Waals surface area contributed by atoms with Gasteiger partial charge in [0.05, 0.1) is 19.0 Å². The minimum absolute atomic E-state index is 0.174. The number of esters is 1. The molecule has 0 amide bonds. The Kier molecular flexibility index (Phi) is 3.05. The molecule has 2 aromatic heterocycles. The predicted octanol–water partition coefficient (Wildman–Crippen LogP) is 0.229. The summed E-state index contributed by atoms with van der Waals surface area (Å²) >= 11 is 0. The van der Waals surface area contributed by atoms with E-state index in [4.69, 9.17) is 5.73 Å². The number of likely N-dealkylation sites (N-methyl/N-ethyl adjacent to an activating group) is 1. The van der Waals surface area contributed by atoms with Crippen LogP contribution in [-0.4, -0.2) is 41.3 Å². The molecule has 0 aliphatic rings. The van der Waals surface area contributed by atoms with Gasteiger partial charge in [0.1, 0.15) is 6.54 Å². The molecule has 2 heterocycles. The van der Waals surface area contributed by atoms with Crippen LogP contribution in [0.25, 0.3) is 5.65 Å². The van der Waals surface area contributed by atoms with Crippen molar-refractivity contribution >= 4 is 23.3 Å². The number of fused-ring (bicyclic) bond motifs is 1. The van der Waals surface area contributed by atoms with E-state index in [0.717, 1.165) is 11.3 Å². The van der Waals surface area contributed by atoms with Crippen molar-refractivity contribution in [2.24, 2.45) is 0 Å². The van der Waals surface area contributed by atoms with E-state index in [9.17, 15) is 4.79 Å². The number of nitrogens with zero attached hydrogens (tertiary/aromatic N) is 4. The normalized spacial score (nSPS) is 10.6. The Bertz CT molecular complexity index is 592. The predicted molar refractivity (Wildman–Crippen MR) is 67.4 cm³/mol. The van der Waals surface area contributed by atoms with E-state index < -0.39 is 0 Å². The molecule has 0 aromatic carbocycles. The van der Waals surface area contributed by atoms with E-state index in [-0.39, 0.29) is 18.5 Å². The molecule has 0 aliphatic carbocycles. The molecule has 7 heteroatoms. The van der Waals surface area contributed by atoms with Crippen LogP contribution in [0, 0.1) is 6.92 Å². The fourth-order valence-electron chi connectivity index (χ4n) is 1.77. The number of hydrogen-bond acceptors (Lipinski definition) is 6. The number of anilines is 2. The molecule has 2 rings (SSSR count). The number of pyridine rings is 1. The third-order valence-electron chi connectivity index (χ3n) is 2.67. The van der Waals surface area contributed by atoms with Gasteiger partial charge in [-0.25, -0.2) is 4.52 Å². The van der Waals surface area contributed by atoms with Gasteiger partial charge in [-0.3, -0.25) is 4.79 Å². The van der Waals surface area contributed by atoms with Crippen molar-refractivity contribution in [3.05, 3.63) is 17.8 Å². The fraction of sp³-hybridized carbons (Fsp3) is 0.364. The van der Waals surface area contributed by atoms with Gasteiger partial charge in [-0.15, -0.1) is 5.10 Å². The second-order valence-corrected chi connectivity index (χ2v) is 4.05. The first-order valence-corrected chi connectivity index (χ1v) is 5.41. The largest absolute Gasteiger partial charge is 0.468 e. The van der Waals surface area contributed by atoms with Crippen LogP contribution in [0.15, 0.2) is 12.3 Å². The lowest BCUT2D eigenvalue weighted by atomic mass is 10.2. The van der Waals surface area contributed by atoms with Gasteiger partial charge >= 0.3 is 5.97 Å². The van der Waals surface area contributed by atoms with E-state index in [2.05, 4.69) is 14.8 Å². The zero-order chi connectivity index (χ0) is 13.3. The molecule has 0 saturated heterocycles. The van der Waals surface area contributed by atoms with Gasteiger partial charge in [0.2, 0.25) is 5.95 Å². The first-order chi connectivity index (χ1) is 8.51.